The third-order valence-electron chi connectivity index (χ3n) is 6.03. The van der Waals surface area contributed by atoms with Crippen LogP contribution >= 0.6 is 11.3 Å². The minimum absolute atomic E-state index is 0.0508. The van der Waals surface area contributed by atoms with Gasteiger partial charge in [-0.05, 0) is 35.9 Å². The second-order valence-corrected chi connectivity index (χ2v) is 9.67. The summed E-state index contributed by atoms with van der Waals surface area (Å²) >= 11 is 1.18. The zero-order chi connectivity index (χ0) is 28.1. The van der Waals surface area contributed by atoms with Crippen LogP contribution in [0, 0.1) is 11.3 Å². The van der Waals surface area contributed by atoms with E-state index in [9.17, 15) is 23.2 Å². The Bertz CT molecular complexity index is 1750. The molecule has 0 spiro atoms. The van der Waals surface area contributed by atoms with Gasteiger partial charge >= 0.3 is 6.18 Å². The molecule has 40 heavy (non-hydrogen) atoms. The van der Waals surface area contributed by atoms with Crippen molar-refractivity contribution in [2.24, 2.45) is 5.10 Å². The van der Waals surface area contributed by atoms with Gasteiger partial charge in [0, 0.05) is 40.3 Å². The second kappa shape index (κ2) is 11.4. The maximum atomic E-state index is 13.0. The van der Waals surface area contributed by atoms with Crippen LogP contribution < -0.4 is 10.7 Å². The molecular formula is C29H21F3N6OS. The second-order valence-electron chi connectivity index (χ2n) is 8.82. The van der Waals surface area contributed by atoms with Crippen molar-refractivity contribution in [3.63, 3.8) is 0 Å². The minimum Gasteiger partial charge on any atom is -0.342 e. The fourth-order valence-electron chi connectivity index (χ4n) is 4.18. The van der Waals surface area contributed by atoms with E-state index < -0.39 is 11.7 Å². The third-order valence-corrected chi connectivity index (χ3v) is 6.83. The lowest BCUT2D eigenvalue weighted by Crippen LogP contribution is -2.19. The number of halogens is 3. The predicted octanol–water partition coefficient (Wildman–Crippen LogP) is 6.47. The number of para-hydroxylation sites is 1. The Morgan fingerprint density at radius 2 is 1.90 bits per heavy atom. The molecule has 0 fully saturated rings. The number of fused-ring (bicyclic) bond motifs is 1. The van der Waals surface area contributed by atoms with Gasteiger partial charge in [-0.1, -0.05) is 42.5 Å². The number of benzene rings is 3. The molecule has 0 saturated carbocycles. The summed E-state index contributed by atoms with van der Waals surface area (Å²) in [6.07, 6.45) is -1.01. The number of nitrogens with one attached hydrogen (secondary N) is 2. The monoisotopic (exact) mass is 558 g/mol. The first-order chi connectivity index (χ1) is 19.3. The Morgan fingerprint density at radius 3 is 2.73 bits per heavy atom. The number of nitrogens with zero attached hydrogens (tertiary/aromatic N) is 4. The fourth-order valence-corrected chi connectivity index (χ4v) is 4.91. The average molecular weight is 559 g/mol. The zero-order valence-corrected chi connectivity index (χ0v) is 21.6. The summed E-state index contributed by atoms with van der Waals surface area (Å²) in [6, 6.07) is 22.3. The molecule has 5 aromatic rings. The van der Waals surface area contributed by atoms with Crippen LogP contribution in [0.3, 0.4) is 0 Å². The van der Waals surface area contributed by atoms with Gasteiger partial charge in [-0.15, -0.1) is 11.3 Å². The normalized spacial score (nSPS) is 11.6. The van der Waals surface area contributed by atoms with Gasteiger partial charge in [0.05, 0.1) is 35.5 Å². The molecule has 7 nitrogen and oxygen atoms in total. The third kappa shape index (κ3) is 6.19. The number of aromatic nitrogens is 2. The highest BCUT2D eigenvalue weighted by molar-refractivity contribution is 7.13. The van der Waals surface area contributed by atoms with E-state index in [1.54, 1.807) is 17.7 Å². The standard InChI is InChI=1S/C29H21F3N6OS/c30-29(31,32)22-8-5-9-23(12-22)35-28-36-24(18-40-28)13-27(39)37-34-15-21-17-38(26-11-4-3-10-25(21)26)16-20-7-2-1-6-19(20)14-33/h1-12,15,17-18H,13,16H2,(H,35,36)(H,37,39)/b34-15+. The van der Waals surface area contributed by atoms with Gasteiger partial charge < -0.3 is 9.88 Å². The Morgan fingerprint density at radius 1 is 1.10 bits per heavy atom. The van der Waals surface area contributed by atoms with Gasteiger partial charge in [0.25, 0.3) is 0 Å². The topological polar surface area (TPSA) is 95.1 Å². The average Bonchev–Trinajstić information content (AvgIpc) is 3.52. The van der Waals surface area contributed by atoms with E-state index in [0.29, 0.717) is 22.9 Å². The van der Waals surface area contributed by atoms with Gasteiger partial charge in [-0.25, -0.2) is 10.4 Å². The van der Waals surface area contributed by atoms with Gasteiger partial charge in [-0.3, -0.25) is 4.79 Å². The molecule has 11 heteroatoms. The highest BCUT2D eigenvalue weighted by atomic mass is 32.1. The molecule has 2 aromatic heterocycles. The maximum absolute atomic E-state index is 13.0. The van der Waals surface area contributed by atoms with Gasteiger partial charge in [0.2, 0.25) is 5.91 Å². The molecule has 0 aliphatic rings. The summed E-state index contributed by atoms with van der Waals surface area (Å²) < 4.78 is 40.9. The lowest BCUT2D eigenvalue weighted by atomic mass is 10.1. The Kier molecular flexibility index (Phi) is 7.61. The minimum atomic E-state index is -4.44. The molecule has 0 unspecified atom stereocenters. The number of hydrogen-bond donors (Lipinski definition) is 2. The van der Waals surface area contributed by atoms with E-state index in [1.165, 1.54) is 23.5 Å². The highest BCUT2D eigenvalue weighted by Crippen LogP contribution is 2.32. The van der Waals surface area contributed by atoms with Crippen molar-refractivity contribution in [3.05, 3.63) is 112 Å². The number of alkyl halides is 3. The van der Waals surface area contributed by atoms with Crippen molar-refractivity contribution in [1.29, 1.82) is 5.26 Å². The summed E-state index contributed by atoms with van der Waals surface area (Å²) in [6.45, 7) is 0.505. The van der Waals surface area contributed by atoms with Gasteiger partial charge in [0.1, 0.15) is 0 Å². The number of nitriles is 1. The van der Waals surface area contributed by atoms with Crippen LogP contribution in [-0.4, -0.2) is 21.7 Å². The van der Waals surface area contributed by atoms with E-state index in [-0.39, 0.29) is 18.0 Å². The summed E-state index contributed by atoms with van der Waals surface area (Å²) in [5.41, 5.74) is 5.72. The fraction of sp³-hybridized carbons (Fsp3) is 0.103. The van der Waals surface area contributed by atoms with Crippen molar-refractivity contribution in [2.75, 3.05) is 5.32 Å². The Balaban J connectivity index is 1.23. The molecule has 200 valence electrons. The number of thiazole rings is 1. The van der Waals surface area contributed by atoms with Crippen LogP contribution in [0.15, 0.2) is 89.5 Å². The van der Waals surface area contributed by atoms with E-state index in [0.717, 1.165) is 34.2 Å². The lowest BCUT2D eigenvalue weighted by Gasteiger charge is -2.08. The number of amides is 1. The molecule has 0 atom stereocenters. The molecular weight excluding hydrogens is 537 g/mol. The Hall–Kier alpha value is -4.95. The molecule has 0 aliphatic heterocycles. The molecule has 2 N–H and O–H groups in total. The zero-order valence-electron chi connectivity index (χ0n) is 20.8. The summed E-state index contributed by atoms with van der Waals surface area (Å²) in [5, 5.41) is 19.4. The first-order valence-electron chi connectivity index (χ1n) is 12.1. The Labute approximate surface area is 231 Å². The van der Waals surface area contributed by atoms with E-state index in [4.69, 9.17) is 0 Å². The number of anilines is 2. The number of hydrogen-bond acceptors (Lipinski definition) is 6. The molecule has 3 aromatic carbocycles. The van der Waals surface area contributed by atoms with Gasteiger partial charge in [-0.2, -0.15) is 23.5 Å². The highest BCUT2D eigenvalue weighted by Gasteiger charge is 2.30. The quantitative estimate of drug-likeness (QED) is 0.169. The summed E-state index contributed by atoms with van der Waals surface area (Å²) in [7, 11) is 0. The molecule has 1 amide bonds. The molecule has 0 radical (unpaired) electrons. The van der Waals surface area contributed by atoms with E-state index >= 15 is 0 Å². The molecule has 2 heterocycles. The summed E-state index contributed by atoms with van der Waals surface area (Å²) in [4.78, 5) is 16.8. The van der Waals surface area contributed by atoms with Crippen LogP contribution in [0.4, 0.5) is 24.0 Å². The van der Waals surface area contributed by atoms with Crippen LogP contribution in [0.25, 0.3) is 10.9 Å². The smallest absolute Gasteiger partial charge is 0.342 e. The summed E-state index contributed by atoms with van der Waals surface area (Å²) in [5.74, 6) is -0.390. The molecule has 5 rings (SSSR count). The molecule has 0 aliphatic carbocycles. The van der Waals surface area contributed by atoms with Crippen molar-refractivity contribution in [2.45, 2.75) is 19.1 Å². The largest absolute Gasteiger partial charge is 0.416 e. The predicted molar refractivity (Wildman–Crippen MR) is 148 cm³/mol. The number of rotatable bonds is 8. The SMILES string of the molecule is N#Cc1ccccc1Cn1cc(/C=N/NC(=O)Cc2csc(Nc3cccc(C(F)(F)F)c3)n2)c2ccccc21. The number of hydrazone groups is 1. The van der Waals surface area contributed by atoms with Crippen molar-refractivity contribution >= 4 is 45.2 Å². The van der Waals surface area contributed by atoms with Crippen LogP contribution in [-0.2, 0) is 23.9 Å². The molecule has 0 saturated heterocycles. The van der Waals surface area contributed by atoms with Crippen molar-refractivity contribution in [3.8, 4) is 6.07 Å². The first-order valence-corrected chi connectivity index (χ1v) is 12.9. The van der Waals surface area contributed by atoms with Crippen LogP contribution in [0.1, 0.15) is 27.9 Å². The number of carbonyl (C=O) groups is 1. The lowest BCUT2D eigenvalue weighted by molar-refractivity contribution is -0.137. The van der Waals surface area contributed by atoms with Crippen molar-refractivity contribution < 1.29 is 18.0 Å². The maximum Gasteiger partial charge on any atom is 0.416 e. The van der Waals surface area contributed by atoms with E-state index in [1.807, 2.05) is 53.2 Å². The van der Waals surface area contributed by atoms with Crippen LogP contribution in [0.5, 0.6) is 0 Å². The molecule has 0 bridgehead atoms. The van der Waals surface area contributed by atoms with E-state index in [2.05, 4.69) is 26.9 Å². The first kappa shape index (κ1) is 26.6. The number of carbonyl (C=O) groups excluding carboxylic acids is 1. The van der Waals surface area contributed by atoms with Crippen molar-refractivity contribution in [1.82, 2.24) is 15.0 Å². The van der Waals surface area contributed by atoms with Gasteiger partial charge in [0.15, 0.2) is 5.13 Å². The van der Waals surface area contributed by atoms with Crippen LogP contribution in [0.2, 0.25) is 0 Å².